The number of rotatable bonds is 4. The van der Waals surface area contributed by atoms with Crippen LogP contribution in [0.4, 0.5) is 16.2 Å². The van der Waals surface area contributed by atoms with Gasteiger partial charge in [0.15, 0.2) is 0 Å². The maximum absolute atomic E-state index is 12.8. The molecule has 0 radical (unpaired) electrons. The van der Waals surface area contributed by atoms with E-state index in [0.717, 1.165) is 43.6 Å². The Morgan fingerprint density at radius 3 is 2.96 bits per heavy atom. The van der Waals surface area contributed by atoms with Crippen molar-refractivity contribution in [3.05, 3.63) is 53.9 Å². The van der Waals surface area contributed by atoms with E-state index in [4.69, 9.17) is 0 Å². The minimum atomic E-state index is -0.0303. The van der Waals surface area contributed by atoms with E-state index in [1.807, 2.05) is 29.2 Å². The summed E-state index contributed by atoms with van der Waals surface area (Å²) in [6.45, 7) is 1.66. The first-order valence-corrected chi connectivity index (χ1v) is 9.02. The van der Waals surface area contributed by atoms with Crippen molar-refractivity contribution in [2.45, 2.75) is 38.3 Å². The highest BCUT2D eigenvalue weighted by molar-refractivity contribution is 5.90. The van der Waals surface area contributed by atoms with Gasteiger partial charge in [0.1, 0.15) is 0 Å². The Bertz CT molecular complexity index is 758. The van der Waals surface area contributed by atoms with Gasteiger partial charge in [-0.2, -0.15) is 0 Å². The third-order valence-electron chi connectivity index (χ3n) is 4.99. The molecule has 2 aliphatic rings. The van der Waals surface area contributed by atoms with Crippen molar-refractivity contribution >= 4 is 17.4 Å². The number of nitrogens with one attached hydrogen (secondary N) is 1. The minimum Gasteiger partial charge on any atom is -0.374 e. The van der Waals surface area contributed by atoms with Crippen LogP contribution in [0.2, 0.25) is 0 Å². The van der Waals surface area contributed by atoms with E-state index in [2.05, 4.69) is 34.4 Å². The molecule has 1 aliphatic heterocycles. The first kappa shape index (κ1) is 15.9. The molecule has 5 nitrogen and oxygen atoms in total. The second-order valence-electron chi connectivity index (χ2n) is 6.98. The minimum absolute atomic E-state index is 0.0303. The molecule has 2 heterocycles. The van der Waals surface area contributed by atoms with Crippen LogP contribution in [-0.4, -0.2) is 35.5 Å². The number of pyridine rings is 1. The Morgan fingerprint density at radius 2 is 2.20 bits per heavy atom. The van der Waals surface area contributed by atoms with E-state index in [9.17, 15) is 4.79 Å². The summed E-state index contributed by atoms with van der Waals surface area (Å²) in [7, 11) is 2.12. The lowest BCUT2D eigenvalue weighted by Crippen LogP contribution is -2.36. The van der Waals surface area contributed by atoms with E-state index < -0.39 is 0 Å². The molecule has 0 atom stereocenters. The molecule has 1 saturated carbocycles. The van der Waals surface area contributed by atoms with Gasteiger partial charge in [-0.05, 0) is 61.6 Å². The van der Waals surface area contributed by atoms with Crippen LogP contribution in [0.25, 0.3) is 0 Å². The summed E-state index contributed by atoms with van der Waals surface area (Å²) in [4.78, 5) is 21.4. The van der Waals surface area contributed by atoms with Gasteiger partial charge < -0.3 is 15.1 Å². The van der Waals surface area contributed by atoms with E-state index in [1.165, 1.54) is 11.3 Å². The number of aromatic nitrogens is 1. The van der Waals surface area contributed by atoms with Crippen LogP contribution >= 0.6 is 0 Å². The smallest absolute Gasteiger partial charge is 0.322 e. The molecule has 0 bridgehead atoms. The normalized spacial score (nSPS) is 16.3. The van der Waals surface area contributed by atoms with Crippen LogP contribution in [-0.2, 0) is 13.0 Å². The van der Waals surface area contributed by atoms with E-state index >= 15 is 0 Å². The number of anilines is 2. The third kappa shape index (κ3) is 3.60. The molecule has 25 heavy (non-hydrogen) atoms. The lowest BCUT2D eigenvalue weighted by molar-refractivity contribution is 0.205. The summed E-state index contributed by atoms with van der Waals surface area (Å²) in [6, 6.07) is 12.4. The third-order valence-corrected chi connectivity index (χ3v) is 4.99. The van der Waals surface area contributed by atoms with Gasteiger partial charge in [-0.25, -0.2) is 4.79 Å². The average molecular weight is 336 g/mol. The van der Waals surface area contributed by atoms with Crippen molar-refractivity contribution in [2.24, 2.45) is 0 Å². The monoisotopic (exact) mass is 336 g/mol. The molecule has 5 heteroatoms. The number of fused-ring (bicyclic) bond motifs is 1. The van der Waals surface area contributed by atoms with Crippen LogP contribution in [0.15, 0.2) is 42.6 Å². The van der Waals surface area contributed by atoms with Crippen LogP contribution < -0.4 is 10.2 Å². The molecule has 1 aromatic heterocycles. The predicted octanol–water partition coefficient (Wildman–Crippen LogP) is 3.66. The molecule has 0 saturated heterocycles. The summed E-state index contributed by atoms with van der Waals surface area (Å²) in [5, 5.41) is 3.09. The summed E-state index contributed by atoms with van der Waals surface area (Å²) in [6.07, 6.45) is 6.17. The molecule has 4 rings (SSSR count). The number of carbonyl (C=O) groups excluding carboxylic acids is 1. The number of amides is 2. The quantitative estimate of drug-likeness (QED) is 0.927. The molecule has 2 aromatic rings. The second-order valence-corrected chi connectivity index (χ2v) is 6.98. The maximum atomic E-state index is 12.8. The molecule has 0 spiro atoms. The topological polar surface area (TPSA) is 48.5 Å². The highest BCUT2D eigenvalue weighted by Gasteiger charge is 2.33. The van der Waals surface area contributed by atoms with Crippen molar-refractivity contribution in [2.75, 3.05) is 23.8 Å². The summed E-state index contributed by atoms with van der Waals surface area (Å²) < 4.78 is 0. The van der Waals surface area contributed by atoms with Crippen molar-refractivity contribution in [1.82, 2.24) is 9.88 Å². The van der Waals surface area contributed by atoms with Gasteiger partial charge in [0, 0.05) is 37.2 Å². The molecule has 0 unspecified atom stereocenters. The van der Waals surface area contributed by atoms with E-state index in [0.29, 0.717) is 12.6 Å². The van der Waals surface area contributed by atoms with Gasteiger partial charge in [0.2, 0.25) is 0 Å². The number of urea groups is 1. The fraction of sp³-hybridized carbons (Fsp3) is 0.400. The van der Waals surface area contributed by atoms with Crippen molar-refractivity contribution < 1.29 is 4.79 Å². The lowest BCUT2D eigenvalue weighted by Gasteiger charge is -2.28. The first-order chi connectivity index (χ1) is 12.2. The Balaban J connectivity index is 1.48. The fourth-order valence-electron chi connectivity index (χ4n) is 3.48. The van der Waals surface area contributed by atoms with Crippen LogP contribution in [0.1, 0.15) is 30.5 Å². The number of aryl methyl sites for hydroxylation is 1. The summed E-state index contributed by atoms with van der Waals surface area (Å²) >= 11 is 0. The molecular weight excluding hydrogens is 312 g/mol. The largest absolute Gasteiger partial charge is 0.374 e. The zero-order valence-electron chi connectivity index (χ0n) is 14.6. The highest BCUT2D eigenvalue weighted by atomic mass is 16.2. The number of hydrogen-bond acceptors (Lipinski definition) is 3. The maximum Gasteiger partial charge on any atom is 0.322 e. The number of hydrogen-bond donors (Lipinski definition) is 1. The first-order valence-electron chi connectivity index (χ1n) is 9.02. The summed E-state index contributed by atoms with van der Waals surface area (Å²) in [5.41, 5.74) is 4.40. The molecule has 1 fully saturated rings. The van der Waals surface area contributed by atoms with Gasteiger partial charge in [-0.3, -0.25) is 4.98 Å². The Hall–Kier alpha value is -2.56. The Labute approximate surface area is 148 Å². The molecular formula is C20H24N4O. The molecule has 1 N–H and O–H groups in total. The van der Waals surface area contributed by atoms with Crippen molar-refractivity contribution in [1.29, 1.82) is 0 Å². The zero-order valence-corrected chi connectivity index (χ0v) is 14.6. The highest BCUT2D eigenvalue weighted by Crippen LogP contribution is 2.31. The van der Waals surface area contributed by atoms with Gasteiger partial charge in [-0.1, -0.05) is 6.07 Å². The lowest BCUT2D eigenvalue weighted by atomic mass is 10.0. The number of benzene rings is 1. The fourth-order valence-corrected chi connectivity index (χ4v) is 3.48. The predicted molar refractivity (Wildman–Crippen MR) is 99.9 cm³/mol. The molecule has 2 amide bonds. The molecule has 1 aromatic carbocycles. The number of nitrogens with zero attached hydrogens (tertiary/aromatic N) is 3. The van der Waals surface area contributed by atoms with Crippen LogP contribution in [0, 0.1) is 0 Å². The SMILES string of the molecule is CN1CCCc2cc(NC(=O)N(Cc3ccccn3)C3CC3)ccc21. The van der Waals surface area contributed by atoms with Gasteiger partial charge in [-0.15, -0.1) is 0 Å². The van der Waals surface area contributed by atoms with Crippen LogP contribution in [0.3, 0.4) is 0 Å². The average Bonchev–Trinajstić information content (AvgIpc) is 3.45. The number of carbonyl (C=O) groups is 1. The van der Waals surface area contributed by atoms with E-state index in [1.54, 1.807) is 6.20 Å². The Morgan fingerprint density at radius 1 is 1.32 bits per heavy atom. The summed E-state index contributed by atoms with van der Waals surface area (Å²) in [5.74, 6) is 0. The van der Waals surface area contributed by atoms with Crippen molar-refractivity contribution in [3.63, 3.8) is 0 Å². The standard InChI is InChI=1S/C20H24N4O/c1-23-12-4-5-15-13-16(7-10-19(15)23)22-20(25)24(18-8-9-18)14-17-6-2-3-11-21-17/h2-3,6-7,10-11,13,18H,4-5,8-9,12,14H2,1H3,(H,22,25). The van der Waals surface area contributed by atoms with Gasteiger partial charge in [0.05, 0.1) is 12.2 Å². The Kier molecular flexibility index (Phi) is 4.30. The van der Waals surface area contributed by atoms with Crippen LogP contribution in [0.5, 0.6) is 0 Å². The molecule has 130 valence electrons. The zero-order chi connectivity index (χ0) is 17.2. The van der Waals surface area contributed by atoms with Gasteiger partial charge >= 0.3 is 6.03 Å². The van der Waals surface area contributed by atoms with Crippen molar-refractivity contribution in [3.8, 4) is 0 Å². The molecule has 1 aliphatic carbocycles. The second kappa shape index (κ2) is 6.75. The van der Waals surface area contributed by atoms with Gasteiger partial charge in [0.25, 0.3) is 0 Å². The van der Waals surface area contributed by atoms with E-state index in [-0.39, 0.29) is 6.03 Å².